The topological polar surface area (TPSA) is 71.3 Å². The first kappa shape index (κ1) is 22.3. The molecule has 0 radical (unpaired) electrons. The predicted octanol–water partition coefficient (Wildman–Crippen LogP) is 2.21. The number of benzene rings is 2. The zero-order valence-corrected chi connectivity index (χ0v) is 18.0. The van der Waals surface area contributed by atoms with Gasteiger partial charge < -0.3 is 19.6 Å². The maximum Gasteiger partial charge on any atom is 0.295 e. The number of carbonyl (C=O) groups excluding carboxylic acids is 2. The highest BCUT2D eigenvalue weighted by Crippen LogP contribution is 2.39. The number of nitrogens with zero attached hydrogens (tertiary/aromatic N) is 1. The number of amides is 1. The van der Waals surface area contributed by atoms with Gasteiger partial charge in [0.05, 0.1) is 32.3 Å². The fourth-order valence-corrected chi connectivity index (χ4v) is 3.72. The molecule has 2 N–H and O–H groups in total. The molecule has 0 saturated carbocycles. The van der Waals surface area contributed by atoms with Crippen molar-refractivity contribution in [1.29, 1.82) is 0 Å². The Kier molecular flexibility index (Phi) is 7.26. The van der Waals surface area contributed by atoms with Crippen molar-refractivity contribution >= 4 is 17.4 Å². The molecule has 1 aliphatic heterocycles. The van der Waals surface area contributed by atoms with Gasteiger partial charge in [0.2, 0.25) is 0 Å². The molecule has 0 unspecified atom stereocenters. The summed E-state index contributed by atoms with van der Waals surface area (Å²) in [7, 11) is 4.09. The van der Waals surface area contributed by atoms with E-state index in [1.165, 1.54) is 4.90 Å². The number of Topliss-reactive ketones (excluding diaryl/α,β-unsaturated/α-hetero) is 1. The Morgan fingerprint density at radius 1 is 1.13 bits per heavy atom. The van der Waals surface area contributed by atoms with E-state index in [0.29, 0.717) is 24.5 Å². The van der Waals surface area contributed by atoms with Crippen LogP contribution in [0.3, 0.4) is 0 Å². The van der Waals surface area contributed by atoms with Crippen LogP contribution in [0.5, 0.6) is 5.75 Å². The molecule has 1 saturated heterocycles. The highest BCUT2D eigenvalue weighted by Gasteiger charge is 2.45. The Morgan fingerprint density at radius 3 is 2.42 bits per heavy atom. The number of ketones is 1. The fraction of sp³-hybridized carbons (Fsp3) is 0.280. The zero-order valence-electron chi connectivity index (χ0n) is 18.0. The van der Waals surface area contributed by atoms with Gasteiger partial charge in [0.1, 0.15) is 18.1 Å². The van der Waals surface area contributed by atoms with Crippen molar-refractivity contribution < 1.29 is 24.3 Å². The van der Waals surface area contributed by atoms with Crippen molar-refractivity contribution in [2.75, 3.05) is 33.8 Å². The Morgan fingerprint density at radius 2 is 1.81 bits per heavy atom. The summed E-state index contributed by atoms with van der Waals surface area (Å²) in [4.78, 5) is 28.7. The summed E-state index contributed by atoms with van der Waals surface area (Å²) in [6.45, 7) is 5.31. The molecule has 6 heteroatoms. The normalized spacial score (nSPS) is 17.9. The molecule has 2 aromatic carbocycles. The molecule has 1 amide bonds. The lowest BCUT2D eigenvalue weighted by atomic mass is 9.95. The van der Waals surface area contributed by atoms with Gasteiger partial charge in [-0.15, -0.1) is 0 Å². The lowest BCUT2D eigenvalue weighted by Crippen LogP contribution is -3.05. The third kappa shape index (κ3) is 5.03. The fourth-order valence-electron chi connectivity index (χ4n) is 3.72. The van der Waals surface area contributed by atoms with Crippen LogP contribution in [0.15, 0.2) is 72.8 Å². The maximum atomic E-state index is 13.0. The van der Waals surface area contributed by atoms with Crippen LogP contribution in [-0.4, -0.2) is 55.5 Å². The van der Waals surface area contributed by atoms with E-state index >= 15 is 0 Å². The lowest BCUT2D eigenvalue weighted by molar-refractivity contribution is -0.858. The largest absolute Gasteiger partial charge is 0.507 e. The number of nitrogens with one attached hydrogen (secondary N) is 1. The van der Waals surface area contributed by atoms with Crippen LogP contribution in [0.2, 0.25) is 0 Å². The average molecular weight is 422 g/mol. The third-order valence-electron chi connectivity index (χ3n) is 5.23. The van der Waals surface area contributed by atoms with Crippen molar-refractivity contribution in [3.05, 3.63) is 84.0 Å². The zero-order chi connectivity index (χ0) is 22.4. The van der Waals surface area contributed by atoms with Crippen LogP contribution < -0.4 is 9.64 Å². The number of aliphatic hydroxyl groups is 1. The van der Waals surface area contributed by atoms with Crippen LogP contribution >= 0.6 is 0 Å². The van der Waals surface area contributed by atoms with Gasteiger partial charge in [0.15, 0.2) is 0 Å². The van der Waals surface area contributed by atoms with Gasteiger partial charge >= 0.3 is 0 Å². The van der Waals surface area contributed by atoms with Gasteiger partial charge in [-0.1, -0.05) is 43.0 Å². The maximum absolute atomic E-state index is 13.0. The van der Waals surface area contributed by atoms with Gasteiger partial charge in [-0.25, -0.2) is 0 Å². The molecule has 3 rings (SSSR count). The standard InChI is InChI=1S/C25H28N2O4/c1-4-17-31-20-13-11-19(12-14-20)23(28)21-22(18-9-6-5-7-10-18)27(25(30)24(21)29)16-8-15-26(2)3/h4-7,9-14,22,28H,1,8,15-17H2,2-3H3/p+1/t22-/m0/s1. The monoisotopic (exact) mass is 421 g/mol. The van der Waals surface area contributed by atoms with Crippen LogP contribution in [0, 0.1) is 0 Å². The number of rotatable bonds is 9. The smallest absolute Gasteiger partial charge is 0.295 e. The number of hydrogen-bond donors (Lipinski definition) is 2. The summed E-state index contributed by atoms with van der Waals surface area (Å²) in [6, 6.07) is 15.5. The van der Waals surface area contributed by atoms with E-state index in [2.05, 4.69) is 6.58 Å². The van der Waals surface area contributed by atoms with E-state index in [-0.39, 0.29) is 11.3 Å². The number of ether oxygens (including phenoxy) is 1. The minimum absolute atomic E-state index is 0.119. The molecule has 0 aliphatic carbocycles. The number of likely N-dealkylation sites (tertiary alicyclic amines) is 1. The van der Waals surface area contributed by atoms with E-state index in [9.17, 15) is 14.7 Å². The quantitative estimate of drug-likeness (QED) is 0.282. The SMILES string of the molecule is C=CCOc1ccc(C(O)=C2C(=O)C(=O)N(CCC[NH+](C)C)[C@H]2c2ccccc2)cc1. The first-order valence-electron chi connectivity index (χ1n) is 10.4. The summed E-state index contributed by atoms with van der Waals surface area (Å²) >= 11 is 0. The van der Waals surface area contributed by atoms with Crippen molar-refractivity contribution in [3.63, 3.8) is 0 Å². The van der Waals surface area contributed by atoms with Crippen molar-refractivity contribution in [2.24, 2.45) is 0 Å². The molecule has 1 atom stereocenters. The van der Waals surface area contributed by atoms with Gasteiger partial charge in [0, 0.05) is 18.5 Å². The van der Waals surface area contributed by atoms with E-state index in [0.717, 1.165) is 18.5 Å². The van der Waals surface area contributed by atoms with E-state index in [1.54, 1.807) is 35.2 Å². The molecule has 162 valence electrons. The Bertz CT molecular complexity index is 965. The molecule has 1 heterocycles. The van der Waals surface area contributed by atoms with Gasteiger partial charge in [-0.05, 0) is 29.8 Å². The molecule has 1 fully saturated rings. The van der Waals surface area contributed by atoms with Gasteiger partial charge in [0.25, 0.3) is 11.7 Å². The summed E-state index contributed by atoms with van der Waals surface area (Å²) in [5, 5.41) is 11.1. The second kappa shape index (κ2) is 10.1. The summed E-state index contributed by atoms with van der Waals surface area (Å²) in [6.07, 6.45) is 2.40. The van der Waals surface area contributed by atoms with Crippen molar-refractivity contribution in [2.45, 2.75) is 12.5 Å². The summed E-state index contributed by atoms with van der Waals surface area (Å²) < 4.78 is 5.48. The Balaban J connectivity index is 2.00. The molecule has 0 aromatic heterocycles. The molecule has 0 spiro atoms. The average Bonchev–Trinajstić information content (AvgIpc) is 3.03. The molecular formula is C25H29N2O4+. The first-order chi connectivity index (χ1) is 14.9. The van der Waals surface area contributed by atoms with E-state index in [1.807, 2.05) is 44.4 Å². The van der Waals surface area contributed by atoms with Crippen LogP contribution in [0.25, 0.3) is 5.76 Å². The van der Waals surface area contributed by atoms with Crippen molar-refractivity contribution in [3.8, 4) is 5.75 Å². The number of hydrogen-bond acceptors (Lipinski definition) is 4. The van der Waals surface area contributed by atoms with Crippen LogP contribution in [0.1, 0.15) is 23.6 Å². The van der Waals surface area contributed by atoms with E-state index in [4.69, 9.17) is 4.74 Å². The molecule has 0 bridgehead atoms. The second-order valence-electron chi connectivity index (χ2n) is 7.84. The molecule has 6 nitrogen and oxygen atoms in total. The predicted molar refractivity (Wildman–Crippen MR) is 120 cm³/mol. The number of quaternary nitrogens is 1. The molecule has 1 aliphatic rings. The Hall–Kier alpha value is -3.38. The van der Waals surface area contributed by atoms with Gasteiger partial charge in [-0.3, -0.25) is 9.59 Å². The summed E-state index contributed by atoms with van der Waals surface area (Å²) in [5.74, 6) is -0.781. The summed E-state index contributed by atoms with van der Waals surface area (Å²) in [5.41, 5.74) is 1.38. The minimum Gasteiger partial charge on any atom is -0.507 e. The molecule has 31 heavy (non-hydrogen) atoms. The van der Waals surface area contributed by atoms with Crippen molar-refractivity contribution in [1.82, 2.24) is 4.90 Å². The Labute approximate surface area is 183 Å². The van der Waals surface area contributed by atoms with Gasteiger partial charge in [-0.2, -0.15) is 0 Å². The van der Waals surface area contributed by atoms with Crippen LogP contribution in [0.4, 0.5) is 0 Å². The highest BCUT2D eigenvalue weighted by atomic mass is 16.5. The number of carbonyl (C=O) groups is 2. The highest BCUT2D eigenvalue weighted by molar-refractivity contribution is 6.46. The second-order valence-corrected chi connectivity index (χ2v) is 7.84. The number of aliphatic hydroxyl groups excluding tert-OH is 1. The lowest BCUT2D eigenvalue weighted by Gasteiger charge is -2.25. The molecule has 2 aromatic rings. The minimum atomic E-state index is -0.657. The van der Waals surface area contributed by atoms with Crippen LogP contribution in [-0.2, 0) is 9.59 Å². The van der Waals surface area contributed by atoms with E-state index < -0.39 is 17.7 Å². The third-order valence-corrected chi connectivity index (χ3v) is 5.23. The molecular weight excluding hydrogens is 392 g/mol. The first-order valence-corrected chi connectivity index (χ1v) is 10.4.